The number of hydrogen-bond acceptors (Lipinski definition) is 2. The molecule has 0 fully saturated rings. The second kappa shape index (κ2) is 6.28. The van der Waals surface area contributed by atoms with E-state index in [4.69, 9.17) is 0 Å². The lowest BCUT2D eigenvalue weighted by Gasteiger charge is -2.26. The van der Waals surface area contributed by atoms with Crippen molar-refractivity contribution < 1.29 is 9.90 Å². The van der Waals surface area contributed by atoms with Crippen LogP contribution in [0.1, 0.15) is 32.8 Å². The highest BCUT2D eigenvalue weighted by atomic mass is 16.3. The van der Waals surface area contributed by atoms with E-state index >= 15 is 0 Å². The minimum absolute atomic E-state index is 0.0725. The third-order valence-corrected chi connectivity index (χ3v) is 2.74. The van der Waals surface area contributed by atoms with Crippen molar-refractivity contribution >= 4 is 5.91 Å². The van der Waals surface area contributed by atoms with Crippen molar-refractivity contribution in [1.29, 1.82) is 0 Å². The lowest BCUT2D eigenvalue weighted by atomic mass is 10.1. The number of benzene rings is 1. The number of phenols is 1. The van der Waals surface area contributed by atoms with Gasteiger partial charge in [0.2, 0.25) is 5.91 Å². The molecular weight excluding hydrogens is 214 g/mol. The van der Waals surface area contributed by atoms with Crippen LogP contribution in [0.5, 0.6) is 5.75 Å². The fraction of sp³-hybridized carbons (Fsp3) is 0.500. The maximum absolute atomic E-state index is 12.1. The van der Waals surface area contributed by atoms with Crippen molar-refractivity contribution in [3.63, 3.8) is 0 Å². The van der Waals surface area contributed by atoms with Gasteiger partial charge in [0.15, 0.2) is 0 Å². The van der Waals surface area contributed by atoms with E-state index in [1.807, 2.05) is 24.8 Å². The molecule has 1 N–H and O–H groups in total. The molecule has 1 aromatic rings. The zero-order chi connectivity index (χ0) is 12.8. The van der Waals surface area contributed by atoms with Gasteiger partial charge < -0.3 is 10.0 Å². The molecule has 0 aliphatic carbocycles. The molecule has 1 aromatic carbocycles. The maximum Gasteiger partial charge on any atom is 0.227 e. The van der Waals surface area contributed by atoms with E-state index in [1.165, 1.54) is 0 Å². The molecule has 0 spiro atoms. The van der Waals surface area contributed by atoms with Crippen LogP contribution in [0.15, 0.2) is 24.3 Å². The summed E-state index contributed by atoms with van der Waals surface area (Å²) in [5.41, 5.74) is 0.694. The summed E-state index contributed by atoms with van der Waals surface area (Å²) in [6.45, 7) is 6.85. The van der Waals surface area contributed by atoms with Gasteiger partial charge in [0.05, 0.1) is 6.42 Å². The predicted molar refractivity (Wildman–Crippen MR) is 69.0 cm³/mol. The average Bonchev–Trinajstić information content (AvgIpc) is 2.28. The summed E-state index contributed by atoms with van der Waals surface area (Å²) >= 11 is 0. The smallest absolute Gasteiger partial charge is 0.227 e. The molecule has 0 aliphatic rings. The Balaban J connectivity index is 2.73. The largest absolute Gasteiger partial charge is 0.508 e. The molecule has 0 saturated heterocycles. The molecule has 1 amide bonds. The van der Waals surface area contributed by atoms with Crippen molar-refractivity contribution in [2.24, 2.45) is 0 Å². The molecule has 0 heterocycles. The first-order valence-electron chi connectivity index (χ1n) is 6.12. The second-order valence-electron chi connectivity index (χ2n) is 4.49. The van der Waals surface area contributed by atoms with Gasteiger partial charge in [-0.15, -0.1) is 0 Å². The first kappa shape index (κ1) is 13.6. The third-order valence-electron chi connectivity index (χ3n) is 2.74. The van der Waals surface area contributed by atoms with Crippen molar-refractivity contribution in [3.8, 4) is 5.75 Å². The normalized spacial score (nSPS) is 10.6. The molecule has 0 atom stereocenters. The van der Waals surface area contributed by atoms with E-state index in [0.29, 0.717) is 5.56 Å². The van der Waals surface area contributed by atoms with Gasteiger partial charge in [0.25, 0.3) is 0 Å². The van der Waals surface area contributed by atoms with E-state index in [1.54, 1.807) is 18.2 Å². The van der Waals surface area contributed by atoms with Crippen molar-refractivity contribution in [2.75, 3.05) is 6.54 Å². The number of carbonyl (C=O) groups is 1. The first-order valence-corrected chi connectivity index (χ1v) is 6.12. The van der Waals surface area contributed by atoms with E-state index in [0.717, 1.165) is 13.0 Å². The van der Waals surface area contributed by atoms with Crippen LogP contribution in [0.2, 0.25) is 0 Å². The molecular formula is C14H21NO2. The molecule has 1 rings (SSSR count). The Labute approximate surface area is 103 Å². The molecule has 0 bridgehead atoms. The van der Waals surface area contributed by atoms with E-state index < -0.39 is 0 Å². The minimum atomic E-state index is 0.0725. The molecule has 3 nitrogen and oxygen atoms in total. The van der Waals surface area contributed by atoms with Crippen LogP contribution in [-0.4, -0.2) is 28.5 Å². The van der Waals surface area contributed by atoms with Gasteiger partial charge in [-0.2, -0.15) is 0 Å². The van der Waals surface area contributed by atoms with E-state index in [9.17, 15) is 9.90 Å². The Morgan fingerprint density at radius 1 is 1.35 bits per heavy atom. The number of phenolic OH excluding ortho intramolecular Hbond substituents is 1. The monoisotopic (exact) mass is 235 g/mol. The lowest BCUT2D eigenvalue weighted by molar-refractivity contribution is -0.132. The van der Waals surface area contributed by atoms with Gasteiger partial charge >= 0.3 is 0 Å². The van der Waals surface area contributed by atoms with Crippen molar-refractivity contribution in [1.82, 2.24) is 4.90 Å². The number of nitrogens with zero attached hydrogens (tertiary/aromatic N) is 1. The second-order valence-corrected chi connectivity index (χ2v) is 4.49. The molecule has 0 aliphatic heterocycles. The van der Waals surface area contributed by atoms with Crippen LogP contribution in [0.25, 0.3) is 0 Å². The zero-order valence-corrected chi connectivity index (χ0v) is 10.8. The average molecular weight is 235 g/mol. The van der Waals surface area contributed by atoms with Crippen molar-refractivity contribution in [3.05, 3.63) is 29.8 Å². The Morgan fingerprint density at radius 3 is 2.53 bits per heavy atom. The summed E-state index contributed by atoms with van der Waals surface area (Å²) in [6, 6.07) is 7.20. The quantitative estimate of drug-likeness (QED) is 0.852. The molecule has 94 valence electrons. The molecule has 0 unspecified atom stereocenters. The molecule has 3 heteroatoms. The Bertz CT molecular complexity index is 374. The van der Waals surface area contributed by atoms with Crippen LogP contribution in [0.4, 0.5) is 0 Å². The molecule has 0 radical (unpaired) electrons. The van der Waals surface area contributed by atoms with E-state index in [-0.39, 0.29) is 24.1 Å². The minimum Gasteiger partial charge on any atom is -0.508 e. The summed E-state index contributed by atoms with van der Waals surface area (Å²) in [6.07, 6.45) is 1.22. The van der Waals surface area contributed by atoms with Gasteiger partial charge in [0.1, 0.15) is 5.75 Å². The van der Waals surface area contributed by atoms with Gasteiger partial charge in [-0.1, -0.05) is 25.1 Å². The Kier molecular flexibility index (Phi) is 5.01. The number of amides is 1. The highest BCUT2D eigenvalue weighted by Gasteiger charge is 2.17. The maximum atomic E-state index is 12.1. The first-order chi connectivity index (χ1) is 8.06. The molecule has 0 aromatic heterocycles. The highest BCUT2D eigenvalue weighted by Crippen LogP contribution is 2.17. The van der Waals surface area contributed by atoms with Crippen LogP contribution in [0.3, 0.4) is 0 Å². The van der Waals surface area contributed by atoms with Gasteiger partial charge in [-0.25, -0.2) is 0 Å². The SMILES string of the molecule is CCCN(C(=O)Cc1ccccc1O)C(C)C. The Hall–Kier alpha value is -1.51. The van der Waals surface area contributed by atoms with Crippen LogP contribution >= 0.6 is 0 Å². The molecule has 0 saturated carbocycles. The number of carbonyl (C=O) groups excluding carboxylic acids is 1. The lowest BCUT2D eigenvalue weighted by Crippen LogP contribution is -2.38. The summed E-state index contributed by atoms with van der Waals surface area (Å²) in [4.78, 5) is 14.0. The Morgan fingerprint density at radius 2 is 2.00 bits per heavy atom. The topological polar surface area (TPSA) is 40.5 Å². The van der Waals surface area contributed by atoms with Crippen LogP contribution in [-0.2, 0) is 11.2 Å². The summed E-state index contributed by atoms with van der Waals surface area (Å²) in [5, 5.41) is 9.64. The summed E-state index contributed by atoms with van der Waals surface area (Å²) in [5.74, 6) is 0.268. The standard InChI is InChI=1S/C14H21NO2/c1-4-9-15(11(2)3)14(17)10-12-7-5-6-8-13(12)16/h5-8,11,16H,4,9-10H2,1-3H3. The fourth-order valence-electron chi connectivity index (χ4n) is 1.84. The number of para-hydroxylation sites is 1. The summed E-state index contributed by atoms with van der Waals surface area (Å²) < 4.78 is 0. The van der Waals surface area contributed by atoms with Crippen LogP contribution in [0, 0.1) is 0 Å². The van der Waals surface area contributed by atoms with Gasteiger partial charge in [0, 0.05) is 18.2 Å². The van der Waals surface area contributed by atoms with E-state index in [2.05, 4.69) is 6.92 Å². The van der Waals surface area contributed by atoms with Crippen LogP contribution < -0.4 is 0 Å². The van der Waals surface area contributed by atoms with Gasteiger partial charge in [-0.3, -0.25) is 4.79 Å². The number of rotatable bonds is 5. The summed E-state index contributed by atoms with van der Waals surface area (Å²) in [7, 11) is 0. The predicted octanol–water partition coefficient (Wildman–Crippen LogP) is 2.58. The number of hydrogen-bond donors (Lipinski definition) is 1. The zero-order valence-electron chi connectivity index (χ0n) is 10.8. The van der Waals surface area contributed by atoms with Crippen molar-refractivity contribution in [2.45, 2.75) is 39.7 Å². The molecule has 17 heavy (non-hydrogen) atoms. The van der Waals surface area contributed by atoms with Gasteiger partial charge in [-0.05, 0) is 26.3 Å². The third kappa shape index (κ3) is 3.77. The fourth-order valence-corrected chi connectivity index (χ4v) is 1.84. The highest BCUT2D eigenvalue weighted by molar-refractivity contribution is 5.79. The number of aromatic hydroxyl groups is 1.